The van der Waals surface area contributed by atoms with Crippen molar-refractivity contribution in [2.24, 2.45) is 0 Å². The summed E-state index contributed by atoms with van der Waals surface area (Å²) >= 11 is 1.24. The monoisotopic (exact) mass is 307 g/mol. The van der Waals surface area contributed by atoms with E-state index >= 15 is 0 Å². The van der Waals surface area contributed by atoms with Gasteiger partial charge in [0.1, 0.15) is 21.5 Å². The second-order valence-electron chi connectivity index (χ2n) is 5.07. The molecule has 1 aliphatic heterocycles. The molecule has 0 saturated carbocycles. The van der Waals surface area contributed by atoms with Crippen molar-refractivity contribution in [3.8, 4) is 6.07 Å². The van der Waals surface area contributed by atoms with Gasteiger partial charge in [-0.25, -0.2) is 0 Å². The molecular formula is C14H21N5OS. The Morgan fingerprint density at radius 1 is 1.43 bits per heavy atom. The minimum Gasteiger partial charge on any atom is -0.396 e. The second-order valence-corrected chi connectivity index (χ2v) is 6.09. The molecule has 0 bridgehead atoms. The molecule has 1 aliphatic rings. The molecule has 1 amide bonds. The Morgan fingerprint density at radius 2 is 2.14 bits per heavy atom. The molecule has 1 aromatic rings. The van der Waals surface area contributed by atoms with Crippen LogP contribution in [0.4, 0.5) is 10.7 Å². The number of nitrogen functional groups attached to an aromatic ring is 1. The number of piperidine rings is 1. The van der Waals surface area contributed by atoms with Crippen molar-refractivity contribution < 1.29 is 4.79 Å². The summed E-state index contributed by atoms with van der Waals surface area (Å²) in [6.07, 6.45) is 3.84. The van der Waals surface area contributed by atoms with E-state index in [0.29, 0.717) is 15.4 Å². The summed E-state index contributed by atoms with van der Waals surface area (Å²) < 4.78 is 0. The van der Waals surface area contributed by atoms with Crippen molar-refractivity contribution in [3.63, 3.8) is 0 Å². The van der Waals surface area contributed by atoms with Crippen molar-refractivity contribution in [3.05, 3.63) is 10.4 Å². The van der Waals surface area contributed by atoms with Gasteiger partial charge in [0.2, 0.25) is 0 Å². The third kappa shape index (κ3) is 3.65. The van der Waals surface area contributed by atoms with Crippen LogP contribution in [0.1, 0.15) is 34.5 Å². The van der Waals surface area contributed by atoms with E-state index in [1.54, 1.807) is 7.05 Å². The van der Waals surface area contributed by atoms with Gasteiger partial charge in [0.15, 0.2) is 0 Å². The fourth-order valence-corrected chi connectivity index (χ4v) is 3.51. The topological polar surface area (TPSA) is 94.2 Å². The molecule has 0 spiro atoms. The summed E-state index contributed by atoms with van der Waals surface area (Å²) in [7, 11) is 1.55. The second kappa shape index (κ2) is 7.29. The summed E-state index contributed by atoms with van der Waals surface area (Å²) in [4.78, 5) is 14.5. The quantitative estimate of drug-likeness (QED) is 0.765. The van der Waals surface area contributed by atoms with Crippen LogP contribution in [0.15, 0.2) is 0 Å². The average Bonchev–Trinajstić information content (AvgIpc) is 2.83. The normalized spacial score (nSPS) is 15.4. The number of carbonyl (C=O) groups excluding carboxylic acids is 1. The molecule has 0 unspecified atom stereocenters. The van der Waals surface area contributed by atoms with E-state index in [2.05, 4.69) is 21.6 Å². The molecule has 1 saturated heterocycles. The summed E-state index contributed by atoms with van der Waals surface area (Å²) in [5.41, 5.74) is 6.52. The molecule has 0 radical (unpaired) electrons. The number of nitriles is 1. The van der Waals surface area contributed by atoms with Crippen LogP contribution in [0, 0.1) is 11.3 Å². The van der Waals surface area contributed by atoms with Crippen LogP contribution in [-0.4, -0.2) is 44.0 Å². The van der Waals surface area contributed by atoms with Gasteiger partial charge in [-0.15, -0.1) is 11.3 Å². The van der Waals surface area contributed by atoms with Gasteiger partial charge in [-0.3, -0.25) is 4.79 Å². The molecule has 21 heavy (non-hydrogen) atoms. The molecule has 0 aromatic carbocycles. The van der Waals surface area contributed by atoms with Crippen LogP contribution in [-0.2, 0) is 0 Å². The van der Waals surface area contributed by atoms with E-state index in [0.717, 1.165) is 26.2 Å². The molecule has 2 heterocycles. The fourth-order valence-electron chi connectivity index (χ4n) is 2.47. The maximum atomic E-state index is 11.7. The minimum absolute atomic E-state index is 0.252. The van der Waals surface area contributed by atoms with Gasteiger partial charge in [-0.05, 0) is 25.9 Å². The smallest absolute Gasteiger partial charge is 0.263 e. The van der Waals surface area contributed by atoms with Crippen LogP contribution in [0.2, 0.25) is 0 Å². The zero-order valence-electron chi connectivity index (χ0n) is 12.2. The number of thiophene rings is 1. The average molecular weight is 307 g/mol. The fraction of sp³-hybridized carbons (Fsp3) is 0.571. The van der Waals surface area contributed by atoms with Crippen molar-refractivity contribution in [1.29, 1.82) is 5.26 Å². The van der Waals surface area contributed by atoms with Gasteiger partial charge >= 0.3 is 0 Å². The molecule has 2 rings (SSSR count). The van der Waals surface area contributed by atoms with E-state index in [1.165, 1.54) is 30.6 Å². The third-order valence-electron chi connectivity index (χ3n) is 3.65. The van der Waals surface area contributed by atoms with Crippen molar-refractivity contribution >= 4 is 27.9 Å². The molecule has 0 aliphatic carbocycles. The lowest BCUT2D eigenvalue weighted by molar-refractivity contribution is 0.0968. The van der Waals surface area contributed by atoms with Crippen molar-refractivity contribution in [2.45, 2.75) is 19.3 Å². The highest BCUT2D eigenvalue weighted by Gasteiger charge is 2.20. The molecule has 0 atom stereocenters. The van der Waals surface area contributed by atoms with Gasteiger partial charge < -0.3 is 21.3 Å². The number of nitrogens with one attached hydrogen (secondary N) is 2. The Labute approximate surface area is 128 Å². The molecule has 1 fully saturated rings. The number of nitrogens with two attached hydrogens (primary N) is 1. The number of hydrogen-bond donors (Lipinski definition) is 3. The Kier molecular flexibility index (Phi) is 5.42. The highest BCUT2D eigenvalue weighted by atomic mass is 32.1. The van der Waals surface area contributed by atoms with Gasteiger partial charge in [-0.2, -0.15) is 5.26 Å². The maximum absolute atomic E-state index is 11.7. The Balaban J connectivity index is 1.99. The predicted octanol–water partition coefficient (Wildman–Crippen LogP) is 1.46. The van der Waals surface area contributed by atoms with Gasteiger partial charge in [0.05, 0.1) is 5.69 Å². The number of amides is 1. The van der Waals surface area contributed by atoms with Gasteiger partial charge in [0, 0.05) is 20.1 Å². The number of anilines is 2. The zero-order chi connectivity index (χ0) is 15.2. The third-order valence-corrected chi connectivity index (χ3v) is 4.81. The lowest BCUT2D eigenvalue weighted by atomic mass is 10.1. The van der Waals surface area contributed by atoms with E-state index < -0.39 is 0 Å². The standard InChI is InChI=1S/C14H21N5OS/c1-17-13(20)12-11(16)10(9-15)14(21-12)18-5-8-19-6-3-2-4-7-19/h18H,2-8,16H2,1H3,(H,17,20). The highest BCUT2D eigenvalue weighted by Crippen LogP contribution is 2.34. The van der Waals surface area contributed by atoms with Crippen LogP contribution in [0.3, 0.4) is 0 Å². The molecular weight excluding hydrogens is 286 g/mol. The summed E-state index contributed by atoms with van der Waals surface area (Å²) in [5, 5.41) is 15.7. The zero-order valence-corrected chi connectivity index (χ0v) is 13.1. The van der Waals surface area contributed by atoms with Gasteiger partial charge in [0.25, 0.3) is 5.91 Å². The van der Waals surface area contributed by atoms with E-state index in [-0.39, 0.29) is 11.6 Å². The Morgan fingerprint density at radius 3 is 2.76 bits per heavy atom. The van der Waals surface area contributed by atoms with Crippen LogP contribution in [0.25, 0.3) is 0 Å². The van der Waals surface area contributed by atoms with E-state index in [4.69, 9.17) is 5.73 Å². The number of hydrogen-bond acceptors (Lipinski definition) is 6. The molecule has 7 heteroatoms. The first-order valence-electron chi connectivity index (χ1n) is 7.18. The molecule has 6 nitrogen and oxygen atoms in total. The van der Waals surface area contributed by atoms with Crippen molar-refractivity contribution in [2.75, 3.05) is 44.3 Å². The minimum atomic E-state index is -0.252. The number of carbonyl (C=O) groups is 1. The number of nitrogens with zero attached hydrogens (tertiary/aromatic N) is 2. The first-order chi connectivity index (χ1) is 10.2. The maximum Gasteiger partial charge on any atom is 0.263 e. The summed E-state index contributed by atoms with van der Waals surface area (Å²) in [6, 6.07) is 2.08. The first kappa shape index (κ1) is 15.6. The first-order valence-corrected chi connectivity index (χ1v) is 7.99. The Bertz CT molecular complexity index is 542. The van der Waals surface area contributed by atoms with E-state index in [9.17, 15) is 10.1 Å². The van der Waals surface area contributed by atoms with Gasteiger partial charge in [-0.1, -0.05) is 6.42 Å². The van der Waals surface area contributed by atoms with Crippen LogP contribution >= 0.6 is 11.3 Å². The summed E-state index contributed by atoms with van der Waals surface area (Å²) in [6.45, 7) is 3.98. The Hall–Kier alpha value is -1.78. The summed E-state index contributed by atoms with van der Waals surface area (Å²) in [5.74, 6) is -0.252. The highest BCUT2D eigenvalue weighted by molar-refractivity contribution is 7.18. The van der Waals surface area contributed by atoms with E-state index in [1.807, 2.05) is 0 Å². The van der Waals surface area contributed by atoms with Crippen LogP contribution in [0.5, 0.6) is 0 Å². The lowest BCUT2D eigenvalue weighted by Crippen LogP contribution is -2.33. The molecule has 4 N–H and O–H groups in total. The van der Waals surface area contributed by atoms with Crippen LogP contribution < -0.4 is 16.4 Å². The lowest BCUT2D eigenvalue weighted by Gasteiger charge is -2.26. The molecule has 1 aromatic heterocycles. The molecule has 114 valence electrons. The number of rotatable bonds is 5. The largest absolute Gasteiger partial charge is 0.396 e. The number of likely N-dealkylation sites (tertiary alicyclic amines) is 1. The SMILES string of the molecule is CNC(=O)c1sc(NCCN2CCCCC2)c(C#N)c1N. The predicted molar refractivity (Wildman–Crippen MR) is 85.6 cm³/mol. The van der Waals surface area contributed by atoms with Crippen molar-refractivity contribution in [1.82, 2.24) is 10.2 Å².